The Morgan fingerprint density at radius 2 is 1.27 bits per heavy atom. The third kappa shape index (κ3) is 2.74. The van der Waals surface area contributed by atoms with Gasteiger partial charge in [0.15, 0.2) is 5.82 Å². The molecule has 0 amide bonds. The van der Waals surface area contributed by atoms with Gasteiger partial charge in [-0.05, 0) is 53.2 Å². The van der Waals surface area contributed by atoms with Crippen molar-refractivity contribution in [3.05, 3.63) is 109 Å². The van der Waals surface area contributed by atoms with E-state index in [1.54, 1.807) is 6.20 Å². The van der Waals surface area contributed by atoms with E-state index in [9.17, 15) is 0 Å². The Hall–Kier alpha value is -4.57. The van der Waals surface area contributed by atoms with Gasteiger partial charge in [-0.2, -0.15) is 0 Å². The van der Waals surface area contributed by atoms with E-state index in [0.29, 0.717) is 5.82 Å². The van der Waals surface area contributed by atoms with E-state index >= 15 is 0 Å². The number of benzene rings is 4. The second-order valence-electron chi connectivity index (χ2n) is 8.17. The molecule has 0 aliphatic heterocycles. The minimum atomic E-state index is 0.621. The van der Waals surface area contributed by atoms with Crippen LogP contribution in [0.4, 0.5) is 0 Å². The van der Waals surface area contributed by atoms with Crippen LogP contribution in [0, 0.1) is 0 Å². The molecule has 3 heterocycles. The molecule has 0 unspecified atom stereocenters. The largest absolute Gasteiger partial charge is 0.293 e. The minimum absolute atomic E-state index is 0.621. The average molecular weight is 422 g/mol. The zero-order valence-corrected chi connectivity index (χ0v) is 17.7. The molecule has 0 radical (unpaired) electrons. The van der Waals surface area contributed by atoms with Crippen molar-refractivity contribution in [2.45, 2.75) is 0 Å². The standard InChI is InChI=1S/C29H18N4/c1-2-10-20-18-27-23(17-19(20)9-1)21-11-4-6-15-26(21)33(27)29-22-12-3-5-13-24(22)31-28(32-29)25-14-7-8-16-30-25/h1-18H. The number of aromatic nitrogens is 4. The quantitative estimate of drug-likeness (QED) is 0.303. The summed E-state index contributed by atoms with van der Waals surface area (Å²) in [6.07, 6.45) is 1.78. The number of rotatable bonds is 2. The van der Waals surface area contributed by atoms with Crippen LogP contribution in [0.3, 0.4) is 0 Å². The summed E-state index contributed by atoms with van der Waals surface area (Å²) < 4.78 is 2.27. The second kappa shape index (κ2) is 6.97. The molecule has 3 aromatic heterocycles. The Bertz CT molecular complexity index is 1820. The van der Waals surface area contributed by atoms with E-state index < -0.39 is 0 Å². The third-order valence-corrected chi connectivity index (χ3v) is 6.23. The zero-order valence-electron chi connectivity index (χ0n) is 17.7. The SMILES string of the molecule is c1ccc(-c2nc(-n3c4ccccc4c4cc5ccccc5cc43)c3ccccc3n2)nc1. The first-order chi connectivity index (χ1) is 16.4. The summed E-state index contributed by atoms with van der Waals surface area (Å²) in [7, 11) is 0. The highest BCUT2D eigenvalue weighted by atomic mass is 15.1. The Balaban J connectivity index is 1.66. The fraction of sp³-hybridized carbons (Fsp3) is 0. The van der Waals surface area contributed by atoms with Crippen molar-refractivity contribution in [3.8, 4) is 17.3 Å². The van der Waals surface area contributed by atoms with Crippen LogP contribution < -0.4 is 0 Å². The maximum atomic E-state index is 5.08. The van der Waals surface area contributed by atoms with E-state index in [-0.39, 0.29) is 0 Å². The molecule has 0 saturated heterocycles. The molecule has 7 aromatic rings. The molecule has 4 heteroatoms. The summed E-state index contributed by atoms with van der Waals surface area (Å²) in [6, 6.07) is 35.6. The molecular formula is C29H18N4. The van der Waals surface area contributed by atoms with Gasteiger partial charge in [-0.15, -0.1) is 0 Å². The van der Waals surface area contributed by atoms with Crippen LogP contribution in [-0.4, -0.2) is 19.5 Å². The number of fused-ring (bicyclic) bond motifs is 5. The summed E-state index contributed by atoms with van der Waals surface area (Å²) in [5.74, 6) is 1.48. The van der Waals surface area contributed by atoms with Gasteiger partial charge >= 0.3 is 0 Å². The highest BCUT2D eigenvalue weighted by Gasteiger charge is 2.18. The average Bonchev–Trinajstić information content (AvgIpc) is 3.20. The Morgan fingerprint density at radius 1 is 0.545 bits per heavy atom. The topological polar surface area (TPSA) is 43.6 Å². The van der Waals surface area contributed by atoms with Crippen LogP contribution in [0.25, 0.3) is 60.8 Å². The lowest BCUT2D eigenvalue weighted by atomic mass is 10.1. The van der Waals surface area contributed by atoms with Gasteiger partial charge in [0.25, 0.3) is 0 Å². The molecule has 0 saturated carbocycles. The lowest BCUT2D eigenvalue weighted by Crippen LogP contribution is -2.03. The fourth-order valence-corrected chi connectivity index (χ4v) is 4.72. The van der Waals surface area contributed by atoms with Crippen LogP contribution >= 0.6 is 0 Å². The van der Waals surface area contributed by atoms with E-state index in [0.717, 1.165) is 33.4 Å². The number of pyridine rings is 1. The van der Waals surface area contributed by atoms with Gasteiger partial charge in [0.05, 0.1) is 16.6 Å². The second-order valence-corrected chi connectivity index (χ2v) is 8.17. The molecule has 0 spiro atoms. The summed E-state index contributed by atoms with van der Waals surface area (Å²) in [5, 5.41) is 5.87. The van der Waals surface area contributed by atoms with Gasteiger partial charge in [0.1, 0.15) is 11.5 Å². The number of hydrogen-bond donors (Lipinski definition) is 0. The molecule has 33 heavy (non-hydrogen) atoms. The monoisotopic (exact) mass is 422 g/mol. The predicted molar refractivity (Wildman–Crippen MR) is 135 cm³/mol. The summed E-state index contributed by atoms with van der Waals surface area (Å²) >= 11 is 0. The van der Waals surface area contributed by atoms with Crippen molar-refractivity contribution in [2.75, 3.05) is 0 Å². The smallest absolute Gasteiger partial charge is 0.180 e. The van der Waals surface area contributed by atoms with Crippen molar-refractivity contribution >= 4 is 43.5 Å². The Morgan fingerprint density at radius 3 is 2.12 bits per heavy atom. The molecule has 0 aliphatic rings. The molecular weight excluding hydrogens is 404 g/mol. The predicted octanol–water partition coefficient (Wildman–Crippen LogP) is 6.94. The maximum absolute atomic E-state index is 5.08. The Labute approximate surface area is 189 Å². The van der Waals surface area contributed by atoms with Crippen LogP contribution in [0.5, 0.6) is 0 Å². The highest BCUT2D eigenvalue weighted by molar-refractivity contribution is 6.14. The molecule has 4 nitrogen and oxygen atoms in total. The number of para-hydroxylation sites is 2. The first-order valence-corrected chi connectivity index (χ1v) is 11.0. The minimum Gasteiger partial charge on any atom is -0.293 e. The zero-order chi connectivity index (χ0) is 21.8. The van der Waals surface area contributed by atoms with Crippen molar-refractivity contribution in [2.24, 2.45) is 0 Å². The van der Waals surface area contributed by atoms with Gasteiger partial charge in [0.2, 0.25) is 0 Å². The third-order valence-electron chi connectivity index (χ3n) is 6.23. The van der Waals surface area contributed by atoms with E-state index in [4.69, 9.17) is 9.97 Å². The van der Waals surface area contributed by atoms with Crippen molar-refractivity contribution in [3.63, 3.8) is 0 Å². The van der Waals surface area contributed by atoms with E-state index in [1.807, 2.05) is 36.4 Å². The van der Waals surface area contributed by atoms with Crippen molar-refractivity contribution < 1.29 is 0 Å². The molecule has 0 fully saturated rings. The molecule has 0 N–H and O–H groups in total. The fourth-order valence-electron chi connectivity index (χ4n) is 4.72. The van der Waals surface area contributed by atoms with Gasteiger partial charge in [-0.25, -0.2) is 9.97 Å². The van der Waals surface area contributed by atoms with E-state index in [2.05, 4.69) is 76.3 Å². The molecule has 0 atom stereocenters. The first kappa shape index (κ1) is 18.0. The lowest BCUT2D eigenvalue weighted by molar-refractivity contribution is 1.07. The van der Waals surface area contributed by atoms with Crippen LogP contribution in [-0.2, 0) is 0 Å². The molecule has 7 rings (SSSR count). The van der Waals surface area contributed by atoms with E-state index in [1.165, 1.54) is 21.5 Å². The first-order valence-electron chi connectivity index (χ1n) is 11.0. The molecule has 4 aromatic carbocycles. The van der Waals surface area contributed by atoms with Gasteiger partial charge in [-0.1, -0.05) is 60.7 Å². The molecule has 154 valence electrons. The van der Waals surface area contributed by atoms with Gasteiger partial charge < -0.3 is 0 Å². The van der Waals surface area contributed by atoms with Crippen LogP contribution in [0.2, 0.25) is 0 Å². The summed E-state index contributed by atoms with van der Waals surface area (Å²) in [5.41, 5.74) is 3.91. The summed E-state index contributed by atoms with van der Waals surface area (Å²) in [4.78, 5) is 14.4. The Kier molecular flexibility index (Phi) is 3.81. The number of nitrogens with zero attached hydrogens (tertiary/aromatic N) is 4. The van der Waals surface area contributed by atoms with Crippen molar-refractivity contribution in [1.82, 2.24) is 19.5 Å². The number of hydrogen-bond acceptors (Lipinski definition) is 3. The molecule has 0 aliphatic carbocycles. The highest BCUT2D eigenvalue weighted by Crippen LogP contribution is 2.36. The molecule has 0 bridgehead atoms. The van der Waals surface area contributed by atoms with Gasteiger partial charge in [0, 0.05) is 22.4 Å². The maximum Gasteiger partial charge on any atom is 0.180 e. The van der Waals surface area contributed by atoms with Crippen LogP contribution in [0.15, 0.2) is 109 Å². The normalized spacial score (nSPS) is 11.6. The lowest BCUT2D eigenvalue weighted by Gasteiger charge is -2.12. The summed E-state index contributed by atoms with van der Waals surface area (Å²) in [6.45, 7) is 0. The van der Waals surface area contributed by atoms with Crippen molar-refractivity contribution in [1.29, 1.82) is 0 Å². The van der Waals surface area contributed by atoms with Gasteiger partial charge in [-0.3, -0.25) is 9.55 Å². The van der Waals surface area contributed by atoms with Crippen LogP contribution in [0.1, 0.15) is 0 Å².